The van der Waals surface area contributed by atoms with Crippen LogP contribution < -0.4 is 10.6 Å². The number of hydrogen-bond acceptors (Lipinski definition) is 3. The van der Waals surface area contributed by atoms with Crippen molar-refractivity contribution in [1.29, 1.82) is 0 Å². The fraction of sp³-hybridized carbons (Fsp3) is 0.800. The van der Waals surface area contributed by atoms with E-state index in [1.807, 2.05) is 18.5 Å². The van der Waals surface area contributed by atoms with Gasteiger partial charge in [-0.15, -0.1) is 10.2 Å². The average Bonchev–Trinajstić information content (AvgIpc) is 2.82. The number of hydrogen-bond donors (Lipinski definition) is 2. The van der Waals surface area contributed by atoms with Crippen LogP contribution in [0.5, 0.6) is 0 Å². The van der Waals surface area contributed by atoms with Crippen LogP contribution in [0.15, 0.2) is 4.99 Å². The van der Waals surface area contributed by atoms with E-state index < -0.39 is 0 Å². The Balaban J connectivity index is 2.40. The third-order valence-electron chi connectivity index (χ3n) is 3.92. The molecular weight excluding hydrogens is 264 g/mol. The highest BCUT2D eigenvalue weighted by atomic mass is 15.3. The van der Waals surface area contributed by atoms with Crippen LogP contribution in [-0.4, -0.2) is 34.3 Å². The Morgan fingerprint density at radius 3 is 2.57 bits per heavy atom. The Morgan fingerprint density at radius 1 is 1.29 bits per heavy atom. The number of aromatic nitrogens is 3. The summed E-state index contributed by atoms with van der Waals surface area (Å²) in [4.78, 5) is 4.26. The van der Waals surface area contributed by atoms with Crippen LogP contribution >= 0.6 is 0 Å². The Hall–Kier alpha value is -1.59. The maximum Gasteiger partial charge on any atom is 0.191 e. The Labute approximate surface area is 128 Å². The molecule has 1 heterocycles. The molecule has 120 valence electrons. The van der Waals surface area contributed by atoms with E-state index in [2.05, 4.69) is 39.7 Å². The van der Waals surface area contributed by atoms with E-state index in [0.717, 1.165) is 24.2 Å². The Kier molecular flexibility index (Phi) is 7.79. The second-order valence-corrected chi connectivity index (χ2v) is 5.45. The van der Waals surface area contributed by atoms with E-state index in [1.165, 1.54) is 25.7 Å². The van der Waals surface area contributed by atoms with Gasteiger partial charge in [-0.2, -0.15) is 0 Å². The topological polar surface area (TPSA) is 67.1 Å². The van der Waals surface area contributed by atoms with Crippen molar-refractivity contribution in [2.75, 3.05) is 13.6 Å². The molecule has 1 atom stereocenters. The number of aliphatic imine (C=N–C) groups is 1. The summed E-state index contributed by atoms with van der Waals surface area (Å²) in [5.74, 6) is 3.36. The molecule has 0 aromatic carbocycles. The normalized spacial score (nSPS) is 13.3. The van der Waals surface area contributed by atoms with Crippen molar-refractivity contribution in [2.24, 2.45) is 18.0 Å². The van der Waals surface area contributed by atoms with Gasteiger partial charge in [-0.05, 0) is 19.3 Å². The summed E-state index contributed by atoms with van der Waals surface area (Å²) in [5, 5.41) is 14.9. The summed E-state index contributed by atoms with van der Waals surface area (Å²) >= 11 is 0. The first kappa shape index (κ1) is 17.5. The molecule has 0 aliphatic rings. The van der Waals surface area contributed by atoms with Crippen molar-refractivity contribution in [1.82, 2.24) is 25.4 Å². The predicted molar refractivity (Wildman–Crippen MR) is 87.2 cm³/mol. The quantitative estimate of drug-likeness (QED) is 0.568. The maximum atomic E-state index is 4.26. The third-order valence-corrected chi connectivity index (χ3v) is 3.92. The highest BCUT2D eigenvalue weighted by molar-refractivity contribution is 5.79. The highest BCUT2D eigenvalue weighted by Crippen LogP contribution is 2.11. The van der Waals surface area contributed by atoms with Crippen molar-refractivity contribution in [3.05, 3.63) is 11.6 Å². The van der Waals surface area contributed by atoms with Crippen LogP contribution in [0.1, 0.15) is 51.2 Å². The molecule has 21 heavy (non-hydrogen) atoms. The van der Waals surface area contributed by atoms with Gasteiger partial charge in [0.15, 0.2) is 11.8 Å². The van der Waals surface area contributed by atoms with E-state index in [0.29, 0.717) is 12.5 Å². The summed E-state index contributed by atoms with van der Waals surface area (Å²) in [5.41, 5.74) is 0. The van der Waals surface area contributed by atoms with Crippen LogP contribution in [0.3, 0.4) is 0 Å². The van der Waals surface area contributed by atoms with Crippen molar-refractivity contribution in [3.8, 4) is 0 Å². The molecule has 0 aliphatic heterocycles. The van der Waals surface area contributed by atoms with Crippen LogP contribution in [0, 0.1) is 12.8 Å². The number of rotatable bonds is 8. The zero-order valence-electron chi connectivity index (χ0n) is 14.1. The van der Waals surface area contributed by atoms with Gasteiger partial charge in [0.2, 0.25) is 0 Å². The molecule has 1 aromatic heterocycles. The molecule has 0 saturated carbocycles. The SMILES string of the molecule is CCCCC(CC)CNC(=NC)NCc1nnc(C)n1C. The molecule has 0 amide bonds. The average molecular weight is 294 g/mol. The number of nitrogens with zero attached hydrogens (tertiary/aromatic N) is 4. The molecule has 1 aromatic rings. The van der Waals surface area contributed by atoms with Crippen molar-refractivity contribution in [3.63, 3.8) is 0 Å². The van der Waals surface area contributed by atoms with Crippen molar-refractivity contribution >= 4 is 5.96 Å². The molecule has 0 aliphatic carbocycles. The highest BCUT2D eigenvalue weighted by Gasteiger charge is 2.08. The molecule has 0 fully saturated rings. The standard InChI is InChI=1S/C15H30N6/c1-6-8-9-13(7-2)10-17-15(16-4)18-11-14-20-19-12(3)21(14)5/h13H,6-11H2,1-5H3,(H2,16,17,18). The van der Waals surface area contributed by atoms with Crippen LogP contribution in [-0.2, 0) is 13.6 Å². The van der Waals surface area contributed by atoms with Gasteiger partial charge in [0, 0.05) is 20.6 Å². The summed E-state index contributed by atoms with van der Waals surface area (Å²) in [7, 11) is 3.77. The van der Waals surface area contributed by atoms with Crippen LogP contribution in [0.25, 0.3) is 0 Å². The van der Waals surface area contributed by atoms with Gasteiger partial charge in [0.25, 0.3) is 0 Å². The summed E-state index contributed by atoms with van der Waals surface area (Å²) < 4.78 is 1.98. The van der Waals surface area contributed by atoms with E-state index in [1.54, 1.807) is 7.05 Å². The second kappa shape index (κ2) is 9.37. The minimum absolute atomic E-state index is 0.628. The number of aryl methyl sites for hydroxylation is 1. The van der Waals surface area contributed by atoms with Gasteiger partial charge >= 0.3 is 0 Å². The molecule has 0 bridgehead atoms. The lowest BCUT2D eigenvalue weighted by Gasteiger charge is -2.17. The first-order valence-corrected chi connectivity index (χ1v) is 7.91. The van der Waals surface area contributed by atoms with Gasteiger partial charge in [0.05, 0.1) is 6.54 Å². The molecule has 1 unspecified atom stereocenters. The summed E-state index contributed by atoms with van der Waals surface area (Å²) in [6.45, 7) is 8.03. The molecule has 0 saturated heterocycles. The monoisotopic (exact) mass is 294 g/mol. The summed E-state index contributed by atoms with van der Waals surface area (Å²) in [6.07, 6.45) is 5.03. The second-order valence-electron chi connectivity index (χ2n) is 5.45. The van der Waals surface area contributed by atoms with Gasteiger partial charge in [0.1, 0.15) is 5.82 Å². The minimum Gasteiger partial charge on any atom is -0.356 e. The van der Waals surface area contributed by atoms with Gasteiger partial charge < -0.3 is 15.2 Å². The lowest BCUT2D eigenvalue weighted by atomic mass is 9.99. The third kappa shape index (κ3) is 5.73. The minimum atomic E-state index is 0.628. The zero-order chi connectivity index (χ0) is 15.7. The number of unbranched alkanes of at least 4 members (excludes halogenated alkanes) is 1. The molecular formula is C15H30N6. The fourth-order valence-electron chi connectivity index (χ4n) is 2.17. The van der Waals surface area contributed by atoms with E-state index in [-0.39, 0.29) is 0 Å². The zero-order valence-corrected chi connectivity index (χ0v) is 14.1. The van der Waals surface area contributed by atoms with Crippen molar-refractivity contribution < 1.29 is 0 Å². The lowest BCUT2D eigenvalue weighted by molar-refractivity contribution is 0.443. The van der Waals surface area contributed by atoms with Crippen LogP contribution in [0.2, 0.25) is 0 Å². The van der Waals surface area contributed by atoms with E-state index >= 15 is 0 Å². The molecule has 0 radical (unpaired) electrons. The maximum absolute atomic E-state index is 4.26. The molecule has 2 N–H and O–H groups in total. The van der Waals surface area contributed by atoms with Crippen LogP contribution in [0.4, 0.5) is 0 Å². The van der Waals surface area contributed by atoms with E-state index in [9.17, 15) is 0 Å². The van der Waals surface area contributed by atoms with Gasteiger partial charge in [-0.3, -0.25) is 4.99 Å². The first-order chi connectivity index (χ1) is 10.1. The molecule has 0 spiro atoms. The lowest BCUT2D eigenvalue weighted by Crippen LogP contribution is -2.39. The fourth-order valence-corrected chi connectivity index (χ4v) is 2.17. The largest absolute Gasteiger partial charge is 0.356 e. The van der Waals surface area contributed by atoms with Crippen molar-refractivity contribution in [2.45, 2.75) is 53.0 Å². The first-order valence-electron chi connectivity index (χ1n) is 7.91. The van der Waals surface area contributed by atoms with E-state index in [4.69, 9.17) is 0 Å². The molecule has 1 rings (SSSR count). The Bertz CT molecular complexity index is 437. The summed E-state index contributed by atoms with van der Waals surface area (Å²) in [6, 6.07) is 0. The predicted octanol–water partition coefficient (Wildman–Crippen LogP) is 2.00. The molecule has 6 heteroatoms. The smallest absolute Gasteiger partial charge is 0.191 e. The number of guanidine groups is 1. The molecule has 6 nitrogen and oxygen atoms in total. The Morgan fingerprint density at radius 2 is 2.05 bits per heavy atom. The van der Waals surface area contributed by atoms with Gasteiger partial charge in [-0.1, -0.05) is 33.1 Å². The number of nitrogens with one attached hydrogen (secondary N) is 2. The van der Waals surface area contributed by atoms with Gasteiger partial charge in [-0.25, -0.2) is 0 Å².